The number of alkyl carbamates (subject to hydrolysis) is 1. The molecule has 9 heteroatoms. The smallest absolute Gasteiger partial charge is 0.407 e. The molecule has 0 saturated carbocycles. The third kappa shape index (κ3) is 20.9. The van der Waals surface area contributed by atoms with E-state index in [1.165, 1.54) is 0 Å². The van der Waals surface area contributed by atoms with Crippen LogP contribution in [-0.4, -0.2) is 82.7 Å². The molecule has 0 unspecified atom stereocenters. The topological polar surface area (TPSA) is 102 Å². The average Bonchev–Trinajstić information content (AvgIpc) is 2.51. The number of rotatable bonds is 14. The van der Waals surface area contributed by atoms with Crippen LogP contribution in [0.5, 0.6) is 0 Å². The summed E-state index contributed by atoms with van der Waals surface area (Å²) in [5.41, 5.74) is -1.02. The number of carbonyl (C=O) groups is 2. The summed E-state index contributed by atoms with van der Waals surface area (Å²) in [6.07, 6.45) is -0.459. The molecule has 0 aliphatic carbocycles. The maximum absolute atomic E-state index is 11.4. The Morgan fingerprint density at radius 2 is 1.07 bits per heavy atom. The van der Waals surface area contributed by atoms with Gasteiger partial charge in [0.05, 0.1) is 46.2 Å². The summed E-state index contributed by atoms with van der Waals surface area (Å²) in [4.78, 5) is 22.8. The Morgan fingerprint density at radius 1 is 0.643 bits per heavy atom. The Morgan fingerprint density at radius 3 is 1.54 bits per heavy atom. The van der Waals surface area contributed by atoms with E-state index >= 15 is 0 Å². The van der Waals surface area contributed by atoms with Gasteiger partial charge in [0.2, 0.25) is 0 Å². The second-order valence-electron chi connectivity index (χ2n) is 7.90. The van der Waals surface area contributed by atoms with Gasteiger partial charge >= 0.3 is 12.1 Å². The molecule has 0 heterocycles. The van der Waals surface area contributed by atoms with Gasteiger partial charge < -0.3 is 33.7 Å². The fourth-order valence-corrected chi connectivity index (χ4v) is 1.73. The molecule has 0 aliphatic rings. The first-order valence-corrected chi connectivity index (χ1v) is 9.49. The van der Waals surface area contributed by atoms with E-state index in [2.05, 4.69) is 5.32 Å². The zero-order chi connectivity index (χ0) is 21.5. The minimum absolute atomic E-state index is 0.0861. The van der Waals surface area contributed by atoms with Gasteiger partial charge in [0, 0.05) is 6.54 Å². The van der Waals surface area contributed by atoms with Crippen LogP contribution in [0.2, 0.25) is 0 Å². The van der Waals surface area contributed by atoms with Crippen LogP contribution in [0.15, 0.2) is 0 Å². The summed E-state index contributed by atoms with van der Waals surface area (Å²) in [7, 11) is 0. The molecule has 0 saturated heterocycles. The highest BCUT2D eigenvalue weighted by molar-refractivity contribution is 5.71. The Bertz CT molecular complexity index is 389. The van der Waals surface area contributed by atoms with Crippen molar-refractivity contribution in [1.82, 2.24) is 5.32 Å². The molecule has 28 heavy (non-hydrogen) atoms. The maximum atomic E-state index is 11.4. The van der Waals surface area contributed by atoms with Crippen molar-refractivity contribution in [2.45, 2.75) is 52.7 Å². The van der Waals surface area contributed by atoms with Gasteiger partial charge in [-0.3, -0.25) is 0 Å². The van der Waals surface area contributed by atoms with Gasteiger partial charge in [0.1, 0.15) is 17.8 Å². The molecule has 0 spiro atoms. The summed E-state index contributed by atoms with van der Waals surface area (Å²) >= 11 is 0. The van der Waals surface area contributed by atoms with E-state index in [0.29, 0.717) is 52.8 Å². The van der Waals surface area contributed by atoms with E-state index in [9.17, 15) is 9.59 Å². The van der Waals surface area contributed by atoms with Gasteiger partial charge in [-0.25, -0.2) is 9.59 Å². The molecule has 0 atom stereocenters. The lowest BCUT2D eigenvalue weighted by Gasteiger charge is -2.19. The molecule has 0 aromatic carbocycles. The fraction of sp³-hybridized carbons (Fsp3) is 0.895. The van der Waals surface area contributed by atoms with E-state index in [4.69, 9.17) is 28.4 Å². The minimum atomic E-state index is -0.509. The molecule has 0 aliphatic heterocycles. The quantitative estimate of drug-likeness (QED) is 0.344. The number of hydrogen-bond acceptors (Lipinski definition) is 8. The number of ether oxygens (including phenoxy) is 6. The largest absolute Gasteiger partial charge is 0.458 e. The molecule has 1 N–H and O–H groups in total. The first-order valence-electron chi connectivity index (χ1n) is 9.49. The Balaban J connectivity index is 3.28. The Hall–Kier alpha value is -1.42. The fourth-order valence-electron chi connectivity index (χ4n) is 1.73. The SMILES string of the molecule is CC(C)(C)OC(=O)COCCOCCOCCOCCNC(=O)OC(C)(C)C. The van der Waals surface area contributed by atoms with Gasteiger partial charge in [-0.1, -0.05) is 0 Å². The van der Waals surface area contributed by atoms with Gasteiger partial charge in [0.15, 0.2) is 0 Å². The number of hydrogen-bond donors (Lipinski definition) is 1. The van der Waals surface area contributed by atoms with Crippen molar-refractivity contribution in [3.8, 4) is 0 Å². The van der Waals surface area contributed by atoms with Gasteiger partial charge in [-0.2, -0.15) is 0 Å². The highest BCUT2D eigenvalue weighted by Crippen LogP contribution is 2.07. The first-order chi connectivity index (χ1) is 13.0. The van der Waals surface area contributed by atoms with Crippen LogP contribution in [0.1, 0.15) is 41.5 Å². The van der Waals surface area contributed by atoms with Crippen molar-refractivity contribution in [3.05, 3.63) is 0 Å². The second-order valence-corrected chi connectivity index (χ2v) is 7.90. The standard InChI is InChI=1S/C19H37NO8/c1-18(2,3)27-16(21)15-26-14-13-25-12-11-24-10-9-23-8-7-20-17(22)28-19(4,5)6/h7-15H2,1-6H3,(H,20,22). The van der Waals surface area contributed by atoms with Crippen molar-refractivity contribution in [2.75, 3.05) is 59.4 Å². The number of amides is 1. The molecule has 0 aromatic heterocycles. The molecular formula is C19H37NO8. The lowest BCUT2D eigenvalue weighted by Crippen LogP contribution is -2.34. The minimum Gasteiger partial charge on any atom is -0.458 e. The summed E-state index contributed by atoms with van der Waals surface area (Å²) in [6.45, 7) is 13.9. The predicted molar refractivity (Wildman–Crippen MR) is 103 cm³/mol. The Kier molecular flexibility index (Phi) is 13.8. The molecule has 9 nitrogen and oxygen atoms in total. The van der Waals surface area contributed by atoms with E-state index in [-0.39, 0.29) is 6.61 Å². The molecular weight excluding hydrogens is 370 g/mol. The van der Waals surface area contributed by atoms with Crippen LogP contribution in [-0.2, 0) is 33.2 Å². The second kappa shape index (κ2) is 14.6. The zero-order valence-corrected chi connectivity index (χ0v) is 18.1. The van der Waals surface area contributed by atoms with Crippen LogP contribution in [0.25, 0.3) is 0 Å². The highest BCUT2D eigenvalue weighted by atomic mass is 16.6. The third-order valence-electron chi connectivity index (χ3n) is 2.67. The Labute approximate surface area is 168 Å². The lowest BCUT2D eigenvalue weighted by atomic mass is 10.2. The predicted octanol–water partition coefficient (Wildman–Crippen LogP) is 1.92. The first kappa shape index (κ1) is 26.6. The highest BCUT2D eigenvalue weighted by Gasteiger charge is 2.16. The number of esters is 1. The van der Waals surface area contributed by atoms with E-state index < -0.39 is 23.3 Å². The van der Waals surface area contributed by atoms with Crippen molar-refractivity contribution in [3.63, 3.8) is 0 Å². The van der Waals surface area contributed by atoms with Crippen molar-refractivity contribution in [1.29, 1.82) is 0 Å². The number of carbonyl (C=O) groups excluding carboxylic acids is 2. The zero-order valence-electron chi connectivity index (χ0n) is 18.1. The van der Waals surface area contributed by atoms with E-state index in [1.54, 1.807) is 41.5 Å². The molecule has 1 amide bonds. The van der Waals surface area contributed by atoms with Crippen molar-refractivity contribution >= 4 is 12.1 Å². The molecule has 0 aromatic rings. The normalized spacial score (nSPS) is 11.9. The van der Waals surface area contributed by atoms with Gasteiger partial charge in [0.25, 0.3) is 0 Å². The van der Waals surface area contributed by atoms with Crippen molar-refractivity contribution in [2.24, 2.45) is 0 Å². The maximum Gasteiger partial charge on any atom is 0.407 e. The number of nitrogens with one attached hydrogen (secondary N) is 1. The molecule has 0 radical (unpaired) electrons. The summed E-state index contributed by atoms with van der Waals surface area (Å²) < 4.78 is 31.4. The van der Waals surface area contributed by atoms with E-state index in [0.717, 1.165) is 0 Å². The van der Waals surface area contributed by atoms with E-state index in [1.807, 2.05) is 0 Å². The molecule has 0 fully saturated rings. The van der Waals surface area contributed by atoms with Crippen LogP contribution in [0, 0.1) is 0 Å². The van der Waals surface area contributed by atoms with Crippen LogP contribution in [0.3, 0.4) is 0 Å². The molecule has 0 rings (SSSR count). The monoisotopic (exact) mass is 407 g/mol. The van der Waals surface area contributed by atoms with Crippen LogP contribution in [0.4, 0.5) is 4.79 Å². The van der Waals surface area contributed by atoms with Crippen molar-refractivity contribution < 1.29 is 38.0 Å². The summed E-state index contributed by atoms with van der Waals surface area (Å²) in [5, 5.41) is 2.60. The van der Waals surface area contributed by atoms with Crippen LogP contribution >= 0.6 is 0 Å². The van der Waals surface area contributed by atoms with Crippen LogP contribution < -0.4 is 5.32 Å². The third-order valence-corrected chi connectivity index (χ3v) is 2.67. The summed E-state index contributed by atoms with van der Waals surface area (Å²) in [5.74, 6) is -0.392. The van der Waals surface area contributed by atoms with Gasteiger partial charge in [-0.15, -0.1) is 0 Å². The molecule has 166 valence electrons. The van der Waals surface area contributed by atoms with Gasteiger partial charge in [-0.05, 0) is 41.5 Å². The average molecular weight is 408 g/mol. The lowest BCUT2D eigenvalue weighted by molar-refractivity contribution is -0.160. The summed E-state index contributed by atoms with van der Waals surface area (Å²) in [6, 6.07) is 0. The molecule has 0 bridgehead atoms.